The number of rotatable bonds is 6. The molecule has 19 heavy (non-hydrogen) atoms. The molecule has 0 unspecified atom stereocenters. The predicted octanol–water partition coefficient (Wildman–Crippen LogP) is 0.646. The van der Waals surface area contributed by atoms with E-state index in [1.807, 2.05) is 6.07 Å². The topological polar surface area (TPSA) is 78.5 Å². The minimum atomic E-state index is 0. The van der Waals surface area contributed by atoms with Crippen LogP contribution < -0.4 is 11.1 Å². The SMILES string of the molecule is CO.CO.NCCNC[CH-]Cc1ccccc1.[CH3-].[Ti+2]. The monoisotopic (exact) mass is 304 g/mol. The predicted molar refractivity (Wildman–Crippen MR) is 79.1 cm³/mol. The molecule has 0 amide bonds. The van der Waals surface area contributed by atoms with E-state index in [2.05, 4.69) is 36.0 Å². The first-order valence-corrected chi connectivity index (χ1v) is 5.59. The molecule has 0 bridgehead atoms. The smallest absolute Gasteiger partial charge is 0.400 e. The van der Waals surface area contributed by atoms with Crippen molar-refractivity contribution in [2.75, 3.05) is 33.9 Å². The Hall–Kier alpha value is -0.226. The second-order valence-corrected chi connectivity index (χ2v) is 2.97. The van der Waals surface area contributed by atoms with Crippen LogP contribution in [0.2, 0.25) is 0 Å². The fourth-order valence-corrected chi connectivity index (χ4v) is 1.16. The summed E-state index contributed by atoms with van der Waals surface area (Å²) in [4.78, 5) is 0. The molecule has 0 spiro atoms. The molecule has 0 heterocycles. The molecule has 4 nitrogen and oxygen atoms in total. The molecule has 0 aromatic heterocycles. The van der Waals surface area contributed by atoms with Crippen molar-refractivity contribution in [3.8, 4) is 0 Å². The van der Waals surface area contributed by atoms with Gasteiger partial charge in [-0.25, -0.2) is 0 Å². The largest absolute Gasteiger partial charge is 2.00 e. The van der Waals surface area contributed by atoms with Crippen molar-refractivity contribution in [2.45, 2.75) is 6.42 Å². The Morgan fingerprint density at radius 1 is 1.11 bits per heavy atom. The summed E-state index contributed by atoms with van der Waals surface area (Å²) in [6.45, 7) is 2.54. The third-order valence-corrected chi connectivity index (χ3v) is 1.83. The second-order valence-electron chi connectivity index (χ2n) is 2.97. The average Bonchev–Trinajstić information content (AvgIpc) is 2.44. The van der Waals surface area contributed by atoms with Crippen molar-refractivity contribution in [1.29, 1.82) is 0 Å². The molecule has 5 heteroatoms. The van der Waals surface area contributed by atoms with Gasteiger partial charge in [0.15, 0.2) is 0 Å². The van der Waals surface area contributed by atoms with Crippen LogP contribution in [0.25, 0.3) is 0 Å². The summed E-state index contributed by atoms with van der Waals surface area (Å²) in [5, 5.41) is 17.2. The van der Waals surface area contributed by atoms with Crippen molar-refractivity contribution in [3.63, 3.8) is 0 Å². The van der Waals surface area contributed by atoms with E-state index in [9.17, 15) is 0 Å². The van der Waals surface area contributed by atoms with E-state index in [0.717, 1.165) is 33.7 Å². The molecule has 0 aliphatic heterocycles. The molecule has 110 valence electrons. The van der Waals surface area contributed by atoms with E-state index < -0.39 is 0 Å². The molecule has 0 aliphatic carbocycles. The molecule has 1 rings (SSSR count). The number of hydrogen-bond donors (Lipinski definition) is 4. The van der Waals surface area contributed by atoms with Gasteiger partial charge < -0.3 is 35.1 Å². The van der Waals surface area contributed by atoms with Crippen LogP contribution in [0.3, 0.4) is 0 Å². The molecule has 0 atom stereocenters. The number of aliphatic hydroxyl groups is 2. The third-order valence-electron chi connectivity index (χ3n) is 1.83. The van der Waals surface area contributed by atoms with Crippen LogP contribution in [-0.4, -0.2) is 44.1 Å². The van der Waals surface area contributed by atoms with Crippen molar-refractivity contribution < 1.29 is 31.9 Å². The first-order valence-electron chi connectivity index (χ1n) is 5.59. The molecular weight excluding hydrogens is 276 g/mol. The molecule has 0 aliphatic rings. The van der Waals surface area contributed by atoms with Crippen LogP contribution in [0.1, 0.15) is 5.56 Å². The molecule has 0 fully saturated rings. The number of nitrogens with two attached hydrogens (primary N) is 1. The zero-order chi connectivity index (χ0) is 13.4. The van der Waals surface area contributed by atoms with Gasteiger partial charge in [-0.2, -0.15) is 6.42 Å². The summed E-state index contributed by atoms with van der Waals surface area (Å²) in [5.41, 5.74) is 6.70. The zero-order valence-electron chi connectivity index (χ0n) is 12.3. The Balaban J connectivity index is -0.000000171. The van der Waals surface area contributed by atoms with Gasteiger partial charge >= 0.3 is 21.7 Å². The van der Waals surface area contributed by atoms with Crippen molar-refractivity contribution >= 4 is 0 Å². The summed E-state index contributed by atoms with van der Waals surface area (Å²) >= 11 is 0. The average molecular weight is 304 g/mol. The standard InChI is InChI=1S/C11H17N2.2CH4O.CH3.Ti/c12-8-10-13-9-4-7-11-5-2-1-3-6-11;2*1-2;;/h1-6,13H,7-10,12H2;2*2H,1H3;1H3;/q-1;;;-1;+2. The Labute approximate surface area is 133 Å². The number of benzene rings is 1. The zero-order valence-corrected chi connectivity index (χ0v) is 13.8. The van der Waals surface area contributed by atoms with Crippen LogP contribution >= 0.6 is 0 Å². The molecule has 5 N–H and O–H groups in total. The first kappa shape index (κ1) is 27.2. The van der Waals surface area contributed by atoms with E-state index in [4.69, 9.17) is 15.9 Å². The summed E-state index contributed by atoms with van der Waals surface area (Å²) in [7, 11) is 2.00. The molecule has 0 saturated heterocycles. The fourth-order valence-electron chi connectivity index (χ4n) is 1.16. The Bertz CT molecular complexity index is 224. The Morgan fingerprint density at radius 2 is 1.63 bits per heavy atom. The Kier molecular flexibility index (Phi) is 37.7. The third kappa shape index (κ3) is 20.3. The Morgan fingerprint density at radius 3 is 2.11 bits per heavy atom. The van der Waals surface area contributed by atoms with Crippen molar-refractivity contribution in [1.82, 2.24) is 5.32 Å². The molecule has 0 saturated carbocycles. The van der Waals surface area contributed by atoms with E-state index >= 15 is 0 Å². The maximum Gasteiger partial charge on any atom is 2.00 e. The van der Waals surface area contributed by atoms with Crippen molar-refractivity contribution in [2.24, 2.45) is 5.73 Å². The number of hydrogen-bond acceptors (Lipinski definition) is 4. The quantitative estimate of drug-likeness (QED) is 0.353. The van der Waals surface area contributed by atoms with E-state index in [0.29, 0.717) is 6.54 Å². The van der Waals surface area contributed by atoms with Gasteiger partial charge in [0.25, 0.3) is 0 Å². The van der Waals surface area contributed by atoms with E-state index in [1.54, 1.807) is 0 Å². The summed E-state index contributed by atoms with van der Waals surface area (Å²) in [6, 6.07) is 10.4. The van der Waals surface area contributed by atoms with Crippen LogP contribution in [0.4, 0.5) is 0 Å². The molecular formula is C14H28N2O2Ti. The summed E-state index contributed by atoms with van der Waals surface area (Å²) < 4.78 is 0. The minimum absolute atomic E-state index is 0. The molecule has 1 aromatic carbocycles. The van der Waals surface area contributed by atoms with E-state index in [1.165, 1.54) is 5.56 Å². The van der Waals surface area contributed by atoms with Gasteiger partial charge in [0.05, 0.1) is 0 Å². The molecule has 1 aromatic rings. The number of nitrogens with one attached hydrogen (secondary N) is 1. The van der Waals surface area contributed by atoms with Crippen LogP contribution in [0.5, 0.6) is 0 Å². The van der Waals surface area contributed by atoms with Crippen molar-refractivity contribution in [3.05, 3.63) is 49.7 Å². The first-order chi connectivity index (χ1) is 8.43. The van der Waals surface area contributed by atoms with Gasteiger partial charge in [-0.15, -0.1) is 6.54 Å². The van der Waals surface area contributed by atoms with Crippen LogP contribution in [0, 0.1) is 13.8 Å². The summed E-state index contributed by atoms with van der Waals surface area (Å²) in [5.74, 6) is 0. The van der Waals surface area contributed by atoms with Gasteiger partial charge in [-0.05, 0) is 0 Å². The minimum Gasteiger partial charge on any atom is -0.400 e. The summed E-state index contributed by atoms with van der Waals surface area (Å²) in [6.07, 6.45) is 3.25. The second kappa shape index (κ2) is 26.4. The van der Waals surface area contributed by atoms with Gasteiger partial charge in [0.1, 0.15) is 0 Å². The van der Waals surface area contributed by atoms with Gasteiger partial charge in [0.2, 0.25) is 0 Å². The van der Waals surface area contributed by atoms with Gasteiger partial charge in [-0.1, -0.05) is 35.9 Å². The normalized spacial score (nSPS) is 7.63. The van der Waals surface area contributed by atoms with Crippen LogP contribution in [-0.2, 0) is 28.1 Å². The fraction of sp³-hybridized carbons (Fsp3) is 0.429. The number of aliphatic hydroxyl groups excluding tert-OH is 2. The van der Waals surface area contributed by atoms with Gasteiger partial charge in [0, 0.05) is 27.3 Å². The maximum atomic E-state index is 7.00. The van der Waals surface area contributed by atoms with E-state index in [-0.39, 0.29) is 29.1 Å². The maximum absolute atomic E-state index is 7.00. The van der Waals surface area contributed by atoms with Crippen LogP contribution in [0.15, 0.2) is 30.3 Å². The van der Waals surface area contributed by atoms with Gasteiger partial charge in [-0.3, -0.25) is 0 Å². The molecule has 0 radical (unpaired) electrons.